The largest absolute Gasteiger partial charge is 0.495 e. The summed E-state index contributed by atoms with van der Waals surface area (Å²) in [5, 5.41) is 5.38. The standard InChI is InChI=1S/C25H25N5O4/c1-34-22-8-3-2-6-18(22)27-25(33)28-20-9-10-21-17-12-16(14-30(21)24(20)32)13-29(15-17)23(31)19-7-4-5-11-26-19/h2-11,16-17H,12-15H2,1H3,(H2,27,28,33)/t16-,17-/m1/s1. The van der Waals surface area contributed by atoms with Crippen molar-refractivity contribution in [1.82, 2.24) is 14.5 Å². The van der Waals surface area contributed by atoms with E-state index in [0.29, 0.717) is 36.8 Å². The van der Waals surface area contributed by atoms with Gasteiger partial charge in [0.2, 0.25) is 0 Å². The van der Waals surface area contributed by atoms with Crippen molar-refractivity contribution in [3.63, 3.8) is 0 Å². The highest BCUT2D eigenvalue weighted by atomic mass is 16.5. The van der Waals surface area contributed by atoms with Crippen LogP contribution in [0.1, 0.15) is 28.5 Å². The lowest BCUT2D eigenvalue weighted by molar-refractivity contribution is 0.0589. The molecule has 174 valence electrons. The number of nitrogens with zero attached hydrogens (tertiary/aromatic N) is 3. The van der Waals surface area contributed by atoms with Crippen LogP contribution >= 0.6 is 0 Å². The number of amides is 3. The second kappa shape index (κ2) is 9.01. The van der Waals surface area contributed by atoms with E-state index in [1.165, 1.54) is 7.11 Å². The molecule has 1 fully saturated rings. The third-order valence-corrected chi connectivity index (χ3v) is 6.38. The number of likely N-dealkylation sites (tertiary alicyclic amines) is 1. The van der Waals surface area contributed by atoms with Crippen molar-refractivity contribution in [2.75, 3.05) is 30.8 Å². The molecule has 3 aromatic rings. The van der Waals surface area contributed by atoms with Crippen molar-refractivity contribution in [3.05, 3.63) is 82.5 Å². The first-order valence-electron chi connectivity index (χ1n) is 11.2. The van der Waals surface area contributed by atoms with Gasteiger partial charge in [0.05, 0.1) is 12.8 Å². The Kier molecular flexibility index (Phi) is 5.75. The molecule has 2 N–H and O–H groups in total. The minimum absolute atomic E-state index is 0.0596. The number of para-hydroxylation sites is 2. The summed E-state index contributed by atoms with van der Waals surface area (Å²) in [5.41, 5.74) is 1.79. The number of benzene rings is 1. The van der Waals surface area contributed by atoms with E-state index in [1.807, 2.05) is 11.0 Å². The Morgan fingerprint density at radius 2 is 1.76 bits per heavy atom. The highest BCUT2D eigenvalue weighted by Crippen LogP contribution is 2.36. The van der Waals surface area contributed by atoms with E-state index >= 15 is 0 Å². The van der Waals surface area contributed by atoms with Gasteiger partial charge in [0.15, 0.2) is 0 Å². The van der Waals surface area contributed by atoms with Gasteiger partial charge in [-0.05, 0) is 48.7 Å². The van der Waals surface area contributed by atoms with Gasteiger partial charge in [-0.25, -0.2) is 4.79 Å². The van der Waals surface area contributed by atoms with E-state index in [-0.39, 0.29) is 29.0 Å². The summed E-state index contributed by atoms with van der Waals surface area (Å²) < 4.78 is 6.99. The summed E-state index contributed by atoms with van der Waals surface area (Å²) in [6.45, 7) is 1.61. The molecule has 0 saturated carbocycles. The molecule has 1 aromatic carbocycles. The van der Waals surface area contributed by atoms with Crippen LogP contribution in [0.25, 0.3) is 0 Å². The fourth-order valence-corrected chi connectivity index (χ4v) is 4.88. The summed E-state index contributed by atoms with van der Waals surface area (Å²) in [7, 11) is 1.52. The smallest absolute Gasteiger partial charge is 0.323 e. The van der Waals surface area contributed by atoms with Gasteiger partial charge in [-0.2, -0.15) is 0 Å². The first kappa shape index (κ1) is 21.7. The SMILES string of the molecule is COc1ccccc1NC(=O)Nc1ccc2n(c1=O)C[C@@H]1C[C@@H]2CN(C(=O)c2ccccn2)C1. The van der Waals surface area contributed by atoms with Crippen LogP contribution in [0.15, 0.2) is 65.6 Å². The van der Waals surface area contributed by atoms with Crippen LogP contribution < -0.4 is 20.9 Å². The predicted molar refractivity (Wildman–Crippen MR) is 127 cm³/mol. The quantitative estimate of drug-likeness (QED) is 0.624. The van der Waals surface area contributed by atoms with Crippen molar-refractivity contribution < 1.29 is 14.3 Å². The molecule has 5 rings (SSSR count). The summed E-state index contributed by atoms with van der Waals surface area (Å²) in [5.74, 6) is 0.661. The lowest BCUT2D eigenvalue weighted by Crippen LogP contribution is -2.49. The maximum absolute atomic E-state index is 13.2. The van der Waals surface area contributed by atoms with Crippen molar-refractivity contribution in [1.29, 1.82) is 0 Å². The molecule has 2 bridgehead atoms. The van der Waals surface area contributed by atoms with Crippen LogP contribution in [0.3, 0.4) is 0 Å². The normalized spacial score (nSPS) is 18.6. The van der Waals surface area contributed by atoms with E-state index in [1.54, 1.807) is 59.3 Å². The molecule has 9 nitrogen and oxygen atoms in total. The molecular formula is C25H25N5O4. The number of ether oxygens (including phenoxy) is 1. The topological polar surface area (TPSA) is 106 Å². The number of carbonyl (C=O) groups excluding carboxylic acids is 2. The first-order valence-corrected chi connectivity index (χ1v) is 11.2. The summed E-state index contributed by atoms with van der Waals surface area (Å²) in [4.78, 5) is 44.7. The van der Waals surface area contributed by atoms with Crippen LogP contribution in [0.5, 0.6) is 5.75 Å². The number of rotatable bonds is 4. The lowest BCUT2D eigenvalue weighted by atomic mass is 9.83. The number of anilines is 2. The predicted octanol–water partition coefficient (Wildman–Crippen LogP) is 3.16. The number of hydrogen-bond donors (Lipinski definition) is 2. The minimum atomic E-state index is -0.523. The van der Waals surface area contributed by atoms with E-state index in [9.17, 15) is 14.4 Å². The third-order valence-electron chi connectivity index (χ3n) is 6.38. The number of carbonyl (C=O) groups is 2. The van der Waals surface area contributed by atoms with Crippen LogP contribution in [0.4, 0.5) is 16.2 Å². The number of fused-ring (bicyclic) bond motifs is 4. The monoisotopic (exact) mass is 459 g/mol. The number of nitrogens with one attached hydrogen (secondary N) is 2. The Morgan fingerprint density at radius 1 is 0.971 bits per heavy atom. The van der Waals surface area contributed by atoms with Gasteiger partial charge >= 0.3 is 6.03 Å². The van der Waals surface area contributed by atoms with Crippen molar-refractivity contribution in [3.8, 4) is 5.75 Å². The zero-order chi connectivity index (χ0) is 23.7. The van der Waals surface area contributed by atoms with Crippen LogP contribution in [-0.4, -0.2) is 46.6 Å². The molecule has 0 aliphatic carbocycles. The summed E-state index contributed by atoms with van der Waals surface area (Å²) >= 11 is 0. The van der Waals surface area contributed by atoms with Gasteiger partial charge in [-0.15, -0.1) is 0 Å². The van der Waals surface area contributed by atoms with E-state index in [4.69, 9.17) is 4.74 Å². The molecular weight excluding hydrogens is 434 g/mol. The number of pyridine rings is 2. The van der Waals surface area contributed by atoms with Crippen molar-refractivity contribution >= 4 is 23.3 Å². The molecule has 3 amide bonds. The number of urea groups is 1. The number of aromatic nitrogens is 2. The fourth-order valence-electron chi connectivity index (χ4n) is 4.88. The van der Waals surface area contributed by atoms with E-state index in [2.05, 4.69) is 15.6 Å². The summed E-state index contributed by atoms with van der Waals surface area (Å²) in [6, 6.07) is 15.3. The Balaban J connectivity index is 1.33. The molecule has 1 saturated heterocycles. The van der Waals surface area contributed by atoms with Crippen molar-refractivity contribution in [2.45, 2.75) is 18.9 Å². The number of hydrogen-bond acceptors (Lipinski definition) is 5. The molecule has 0 radical (unpaired) electrons. The molecule has 2 atom stereocenters. The van der Waals surface area contributed by atoms with Gasteiger partial charge in [0.25, 0.3) is 11.5 Å². The molecule has 0 unspecified atom stereocenters. The minimum Gasteiger partial charge on any atom is -0.495 e. The third kappa shape index (κ3) is 4.12. The van der Waals surface area contributed by atoms with Gasteiger partial charge < -0.3 is 24.8 Å². The van der Waals surface area contributed by atoms with Gasteiger partial charge in [0.1, 0.15) is 17.1 Å². The second-order valence-corrected chi connectivity index (χ2v) is 8.59. The maximum atomic E-state index is 13.2. The first-order chi connectivity index (χ1) is 16.5. The van der Waals surface area contributed by atoms with Gasteiger partial charge in [0, 0.05) is 37.4 Å². The maximum Gasteiger partial charge on any atom is 0.323 e. The average molecular weight is 460 g/mol. The van der Waals surface area contributed by atoms with Crippen LogP contribution in [-0.2, 0) is 6.54 Å². The van der Waals surface area contributed by atoms with Gasteiger partial charge in [-0.1, -0.05) is 18.2 Å². The molecule has 2 aliphatic rings. The number of methoxy groups -OCH3 is 1. The Bertz CT molecular complexity index is 1290. The Morgan fingerprint density at radius 3 is 2.56 bits per heavy atom. The second-order valence-electron chi connectivity index (χ2n) is 8.59. The van der Waals surface area contributed by atoms with Crippen molar-refractivity contribution in [2.24, 2.45) is 5.92 Å². The molecule has 0 spiro atoms. The highest BCUT2D eigenvalue weighted by molar-refractivity contribution is 6.00. The van der Waals surface area contributed by atoms with Gasteiger partial charge in [-0.3, -0.25) is 14.6 Å². The Labute approximate surface area is 196 Å². The van der Waals surface area contributed by atoms with Crippen LogP contribution in [0, 0.1) is 5.92 Å². The zero-order valence-electron chi connectivity index (χ0n) is 18.7. The Hall–Kier alpha value is -4.14. The lowest BCUT2D eigenvalue weighted by Gasteiger charge is -2.42. The summed E-state index contributed by atoms with van der Waals surface area (Å²) in [6.07, 6.45) is 2.54. The highest BCUT2D eigenvalue weighted by Gasteiger charge is 2.37. The molecule has 9 heteroatoms. The average Bonchev–Trinajstić information content (AvgIpc) is 2.86. The molecule has 4 heterocycles. The molecule has 34 heavy (non-hydrogen) atoms. The van der Waals surface area contributed by atoms with Crippen LogP contribution in [0.2, 0.25) is 0 Å². The zero-order valence-corrected chi connectivity index (χ0v) is 18.7. The van der Waals surface area contributed by atoms with E-state index in [0.717, 1.165) is 12.1 Å². The van der Waals surface area contributed by atoms with E-state index < -0.39 is 6.03 Å². The number of piperidine rings is 1. The fraction of sp³-hybridized carbons (Fsp3) is 0.280. The molecule has 2 aliphatic heterocycles. The molecule has 2 aromatic heterocycles.